The Hall–Kier alpha value is -3.53. The van der Waals surface area contributed by atoms with E-state index < -0.39 is 0 Å². The van der Waals surface area contributed by atoms with Gasteiger partial charge in [0.25, 0.3) is 11.5 Å². The second kappa shape index (κ2) is 8.24. The van der Waals surface area contributed by atoms with Crippen LogP contribution in [0.1, 0.15) is 43.5 Å². The number of hydrogen-bond donors (Lipinski definition) is 1. The summed E-state index contributed by atoms with van der Waals surface area (Å²) in [5.41, 5.74) is 1.51. The molecule has 0 unspecified atom stereocenters. The molecular formula is C29H34FN7O2. The maximum Gasteiger partial charge on any atom is 0.265 e. The van der Waals surface area contributed by atoms with Crippen LogP contribution in [-0.4, -0.2) is 76.6 Å². The van der Waals surface area contributed by atoms with Crippen molar-refractivity contribution in [1.82, 2.24) is 24.3 Å². The van der Waals surface area contributed by atoms with Crippen LogP contribution in [0.5, 0.6) is 0 Å². The number of nitrogens with zero attached hydrogens (tertiary/aromatic N) is 6. The number of anilines is 3. The molecule has 1 spiro atoms. The van der Waals surface area contributed by atoms with Gasteiger partial charge in [-0.2, -0.15) is 4.98 Å². The minimum absolute atomic E-state index is 0.130. The number of rotatable bonds is 6. The fourth-order valence-corrected chi connectivity index (χ4v) is 6.98. The molecule has 2 saturated heterocycles. The zero-order valence-corrected chi connectivity index (χ0v) is 22.9. The van der Waals surface area contributed by atoms with E-state index in [-0.39, 0.29) is 34.3 Å². The molecule has 1 N–H and O–H groups in total. The Balaban J connectivity index is 1.15. The first-order valence-corrected chi connectivity index (χ1v) is 13.8. The van der Waals surface area contributed by atoms with E-state index in [1.807, 2.05) is 6.07 Å². The summed E-state index contributed by atoms with van der Waals surface area (Å²) in [6, 6.07) is 7.26. The van der Waals surface area contributed by atoms with Crippen LogP contribution in [0, 0.1) is 17.2 Å². The largest absolute Gasteiger partial charge is 0.368 e. The highest BCUT2D eigenvalue weighted by Gasteiger charge is 2.59. The summed E-state index contributed by atoms with van der Waals surface area (Å²) in [6.07, 6.45) is 4.40. The third-order valence-corrected chi connectivity index (χ3v) is 9.26. The van der Waals surface area contributed by atoms with Crippen LogP contribution in [0.15, 0.2) is 35.3 Å². The molecule has 204 valence electrons. The molecule has 4 heterocycles. The van der Waals surface area contributed by atoms with Crippen LogP contribution >= 0.6 is 0 Å². The lowest BCUT2D eigenvalue weighted by atomic mass is 9.49. The smallest absolute Gasteiger partial charge is 0.265 e. The van der Waals surface area contributed by atoms with Crippen molar-refractivity contribution in [3.8, 4) is 0 Å². The molecule has 0 radical (unpaired) electrons. The summed E-state index contributed by atoms with van der Waals surface area (Å²) in [7, 11) is 3.28. The normalized spacial score (nSPS) is 24.7. The number of fused-ring (bicyclic) bond motifs is 1. The lowest BCUT2D eigenvalue weighted by Gasteiger charge is -2.62. The SMILES string of the molecule is CC(C)N1CC2(CN(c3ccc(Nc4ncc5cc(C(=O)N(C)C)c(=O)n(C67CC(C6)C7)c5n4)cc3F)C2)C1. The van der Waals surface area contributed by atoms with Gasteiger partial charge >= 0.3 is 0 Å². The molecule has 9 nitrogen and oxygen atoms in total. The Kier molecular flexibility index (Phi) is 5.18. The summed E-state index contributed by atoms with van der Waals surface area (Å²) in [5.74, 6) is 0.309. The van der Waals surface area contributed by atoms with Crippen molar-refractivity contribution >= 4 is 34.3 Å². The molecule has 5 fully saturated rings. The Labute approximate surface area is 226 Å². The second-order valence-corrected chi connectivity index (χ2v) is 12.7. The molecular weight excluding hydrogens is 497 g/mol. The molecule has 1 aromatic carbocycles. The minimum atomic E-state index is -0.331. The van der Waals surface area contributed by atoms with Crippen molar-refractivity contribution in [1.29, 1.82) is 0 Å². The third-order valence-electron chi connectivity index (χ3n) is 9.26. The Morgan fingerprint density at radius 1 is 1.13 bits per heavy atom. The van der Waals surface area contributed by atoms with Gasteiger partial charge in [0, 0.05) is 69.0 Å². The average molecular weight is 532 g/mol. The Morgan fingerprint density at radius 2 is 1.85 bits per heavy atom. The molecule has 5 aliphatic rings. The topological polar surface area (TPSA) is 86.6 Å². The number of pyridine rings is 1. The van der Waals surface area contributed by atoms with Crippen LogP contribution in [0.4, 0.5) is 21.7 Å². The van der Waals surface area contributed by atoms with Gasteiger partial charge < -0.3 is 15.1 Å². The van der Waals surface area contributed by atoms with Gasteiger partial charge in [-0.1, -0.05) is 0 Å². The van der Waals surface area contributed by atoms with Gasteiger partial charge in [-0.25, -0.2) is 9.37 Å². The number of nitrogens with one attached hydrogen (secondary N) is 1. The van der Waals surface area contributed by atoms with Gasteiger partial charge in [0.05, 0.1) is 11.2 Å². The second-order valence-electron chi connectivity index (χ2n) is 12.7. The number of carbonyl (C=O) groups excluding carboxylic acids is 1. The number of benzene rings is 1. The van der Waals surface area contributed by atoms with Crippen LogP contribution in [-0.2, 0) is 5.54 Å². The first kappa shape index (κ1) is 24.5. The maximum atomic E-state index is 15.2. The number of amides is 1. The van der Waals surface area contributed by atoms with E-state index >= 15 is 4.39 Å². The highest BCUT2D eigenvalue weighted by molar-refractivity contribution is 5.96. The maximum absolute atomic E-state index is 15.2. The monoisotopic (exact) mass is 531 g/mol. The fourth-order valence-electron chi connectivity index (χ4n) is 6.98. The predicted molar refractivity (Wildman–Crippen MR) is 148 cm³/mol. The molecule has 1 amide bonds. The highest BCUT2D eigenvalue weighted by atomic mass is 19.1. The van der Waals surface area contributed by atoms with Gasteiger partial charge in [-0.15, -0.1) is 0 Å². The number of halogens is 1. The molecule has 8 rings (SSSR count). The van der Waals surface area contributed by atoms with Gasteiger partial charge in [0.15, 0.2) is 0 Å². The molecule has 10 heteroatoms. The molecule has 0 atom stereocenters. The van der Waals surface area contributed by atoms with E-state index in [1.165, 1.54) is 11.0 Å². The van der Waals surface area contributed by atoms with Crippen LogP contribution in [0.25, 0.3) is 11.0 Å². The van der Waals surface area contributed by atoms with Crippen LogP contribution in [0.2, 0.25) is 0 Å². The van der Waals surface area contributed by atoms with E-state index in [9.17, 15) is 9.59 Å². The predicted octanol–water partition coefficient (Wildman–Crippen LogP) is 3.42. The molecule has 2 aliphatic heterocycles. The Bertz CT molecular complexity index is 1550. The molecule has 39 heavy (non-hydrogen) atoms. The number of likely N-dealkylation sites (tertiary alicyclic amines) is 1. The lowest BCUT2D eigenvalue weighted by molar-refractivity contribution is -0.0884. The standard InChI is InChI=1S/C29H34FN7O2/c1-17(2)35-13-28(14-35)15-36(16-28)23-6-5-20(8-22(23)30)32-27-31-12-19-7-21(25(38)34(3)4)26(39)37(24(19)33-27)29-9-18(10-29)11-29/h5-8,12,17-18H,9-11,13-16H2,1-4H3,(H,31,32,33). The highest BCUT2D eigenvalue weighted by Crippen LogP contribution is 2.62. The fraction of sp³-hybridized carbons (Fsp3) is 0.517. The zero-order chi connectivity index (χ0) is 27.3. The first-order valence-electron chi connectivity index (χ1n) is 13.8. The summed E-state index contributed by atoms with van der Waals surface area (Å²) in [4.78, 5) is 41.4. The van der Waals surface area contributed by atoms with Gasteiger partial charge in [-0.3, -0.25) is 19.1 Å². The van der Waals surface area contributed by atoms with Crippen molar-refractivity contribution in [2.24, 2.45) is 11.3 Å². The summed E-state index contributed by atoms with van der Waals surface area (Å²) in [5, 5.41) is 3.76. The van der Waals surface area contributed by atoms with E-state index in [0.29, 0.717) is 39.8 Å². The van der Waals surface area contributed by atoms with Gasteiger partial charge in [-0.05, 0) is 63.3 Å². The van der Waals surface area contributed by atoms with Crippen LogP contribution in [0.3, 0.4) is 0 Å². The quantitative estimate of drug-likeness (QED) is 0.522. The third kappa shape index (κ3) is 3.67. The van der Waals surface area contributed by atoms with Crippen LogP contribution < -0.4 is 15.8 Å². The van der Waals surface area contributed by atoms with Gasteiger partial charge in [0.2, 0.25) is 5.95 Å². The van der Waals surface area contributed by atoms with Crippen molar-refractivity contribution in [3.05, 3.63) is 52.2 Å². The summed E-state index contributed by atoms with van der Waals surface area (Å²) >= 11 is 0. The van der Waals surface area contributed by atoms with E-state index in [4.69, 9.17) is 4.98 Å². The van der Waals surface area contributed by atoms with Crippen molar-refractivity contribution in [2.45, 2.75) is 44.7 Å². The first-order chi connectivity index (χ1) is 18.6. The molecule has 2 aromatic heterocycles. The van der Waals surface area contributed by atoms with Gasteiger partial charge in [0.1, 0.15) is 17.0 Å². The zero-order valence-electron chi connectivity index (χ0n) is 22.9. The lowest BCUT2D eigenvalue weighted by Crippen LogP contribution is -2.73. The van der Waals surface area contributed by atoms with Crippen molar-refractivity contribution in [2.75, 3.05) is 50.5 Å². The Morgan fingerprint density at radius 3 is 2.44 bits per heavy atom. The molecule has 3 aliphatic carbocycles. The summed E-state index contributed by atoms with van der Waals surface area (Å²) in [6.45, 7) is 8.36. The van der Waals surface area contributed by atoms with E-state index in [0.717, 1.165) is 45.4 Å². The average Bonchev–Trinajstić information content (AvgIpc) is 2.77. The van der Waals surface area contributed by atoms with Crippen molar-refractivity contribution in [3.63, 3.8) is 0 Å². The molecule has 3 saturated carbocycles. The number of carbonyl (C=O) groups is 1. The summed E-state index contributed by atoms with van der Waals surface area (Å²) < 4.78 is 16.9. The molecule has 3 aromatic rings. The number of aromatic nitrogens is 3. The van der Waals surface area contributed by atoms with E-state index in [1.54, 1.807) is 37.0 Å². The number of hydrogen-bond acceptors (Lipinski definition) is 7. The van der Waals surface area contributed by atoms with Crippen molar-refractivity contribution < 1.29 is 9.18 Å². The molecule has 2 bridgehead atoms. The van der Waals surface area contributed by atoms with E-state index in [2.05, 4.69) is 33.9 Å². The minimum Gasteiger partial charge on any atom is -0.368 e.